The van der Waals surface area contributed by atoms with Gasteiger partial charge in [-0.25, -0.2) is 4.98 Å². The molecule has 0 saturated carbocycles. The summed E-state index contributed by atoms with van der Waals surface area (Å²) in [4.78, 5) is 13.0. The minimum atomic E-state index is 0.709. The highest BCUT2D eigenvalue weighted by Crippen LogP contribution is 2.09. The topological polar surface area (TPSA) is 44.3 Å². The largest absolute Gasteiger partial charge is 0.358 e. The fraction of sp³-hybridized carbons (Fsp3) is 0.667. The molecule has 1 aromatic heterocycles. The highest BCUT2D eigenvalue weighted by atomic mass is 15.2. The third kappa shape index (κ3) is 4.99. The number of nitrogens with zero attached hydrogens (tertiary/aromatic N) is 4. The van der Waals surface area contributed by atoms with E-state index in [-0.39, 0.29) is 0 Å². The average molecular weight is 237 g/mol. The van der Waals surface area contributed by atoms with Crippen LogP contribution in [-0.4, -0.2) is 55.6 Å². The standard InChI is InChI=1S/C12H23N5/c1-5-7-13-12-14-8-6-11(15-12)17(4)10-9-16(2)3/h6,8H,5,7,9-10H2,1-4H3,(H,13,14,15). The summed E-state index contributed by atoms with van der Waals surface area (Å²) in [5, 5.41) is 3.20. The van der Waals surface area contributed by atoms with Crippen molar-refractivity contribution in [2.45, 2.75) is 13.3 Å². The van der Waals surface area contributed by atoms with Crippen LogP contribution < -0.4 is 10.2 Å². The molecule has 5 nitrogen and oxygen atoms in total. The van der Waals surface area contributed by atoms with Crippen molar-refractivity contribution < 1.29 is 0 Å². The molecule has 0 aromatic carbocycles. The van der Waals surface area contributed by atoms with Gasteiger partial charge in [0.1, 0.15) is 5.82 Å². The molecule has 96 valence electrons. The van der Waals surface area contributed by atoms with Crippen LogP contribution in [-0.2, 0) is 0 Å². The molecule has 0 aliphatic heterocycles. The summed E-state index contributed by atoms with van der Waals surface area (Å²) >= 11 is 0. The molecule has 1 aromatic rings. The second-order valence-corrected chi connectivity index (χ2v) is 4.39. The highest BCUT2D eigenvalue weighted by Gasteiger charge is 2.04. The van der Waals surface area contributed by atoms with Crippen LogP contribution in [0.15, 0.2) is 12.3 Å². The lowest BCUT2D eigenvalue weighted by Gasteiger charge is -2.20. The molecular weight excluding hydrogens is 214 g/mol. The molecule has 0 radical (unpaired) electrons. The molecule has 5 heteroatoms. The molecule has 0 atom stereocenters. The number of nitrogens with one attached hydrogen (secondary N) is 1. The zero-order chi connectivity index (χ0) is 12.7. The van der Waals surface area contributed by atoms with E-state index in [2.05, 4.69) is 53.2 Å². The summed E-state index contributed by atoms with van der Waals surface area (Å²) in [6, 6.07) is 1.94. The van der Waals surface area contributed by atoms with E-state index < -0.39 is 0 Å². The van der Waals surface area contributed by atoms with Gasteiger partial charge in [-0.15, -0.1) is 0 Å². The summed E-state index contributed by atoms with van der Waals surface area (Å²) in [5.74, 6) is 1.67. The number of rotatable bonds is 7. The van der Waals surface area contributed by atoms with E-state index in [1.165, 1.54) is 0 Å². The van der Waals surface area contributed by atoms with Crippen molar-refractivity contribution in [1.82, 2.24) is 14.9 Å². The lowest BCUT2D eigenvalue weighted by atomic mass is 10.4. The number of aromatic nitrogens is 2. The van der Waals surface area contributed by atoms with Crippen molar-refractivity contribution in [2.24, 2.45) is 0 Å². The minimum absolute atomic E-state index is 0.709. The van der Waals surface area contributed by atoms with Crippen molar-refractivity contribution in [3.63, 3.8) is 0 Å². The van der Waals surface area contributed by atoms with Crippen molar-refractivity contribution in [3.05, 3.63) is 12.3 Å². The van der Waals surface area contributed by atoms with Crippen molar-refractivity contribution in [1.29, 1.82) is 0 Å². The normalized spacial score (nSPS) is 10.6. The third-order valence-corrected chi connectivity index (χ3v) is 2.45. The van der Waals surface area contributed by atoms with Gasteiger partial charge in [-0.1, -0.05) is 6.92 Å². The van der Waals surface area contributed by atoms with Gasteiger partial charge in [0, 0.05) is 32.9 Å². The number of likely N-dealkylation sites (N-methyl/N-ethyl adjacent to an activating group) is 2. The lowest BCUT2D eigenvalue weighted by molar-refractivity contribution is 0.416. The number of hydrogen-bond acceptors (Lipinski definition) is 5. The quantitative estimate of drug-likeness (QED) is 0.774. The van der Waals surface area contributed by atoms with Crippen molar-refractivity contribution in [2.75, 3.05) is 51.0 Å². The van der Waals surface area contributed by atoms with E-state index >= 15 is 0 Å². The molecule has 0 unspecified atom stereocenters. The zero-order valence-electron chi connectivity index (χ0n) is 11.3. The molecule has 1 N–H and O–H groups in total. The summed E-state index contributed by atoms with van der Waals surface area (Å²) in [6.07, 6.45) is 2.87. The maximum atomic E-state index is 4.47. The van der Waals surface area contributed by atoms with Gasteiger partial charge in [-0.3, -0.25) is 0 Å². The van der Waals surface area contributed by atoms with E-state index in [0.717, 1.165) is 31.9 Å². The Bertz CT molecular complexity index is 326. The Kier molecular flexibility index (Phi) is 5.69. The SMILES string of the molecule is CCCNc1nccc(N(C)CCN(C)C)n1. The molecule has 0 spiro atoms. The van der Waals surface area contributed by atoms with Gasteiger partial charge in [0.25, 0.3) is 0 Å². The second-order valence-electron chi connectivity index (χ2n) is 4.39. The minimum Gasteiger partial charge on any atom is -0.358 e. The summed E-state index contributed by atoms with van der Waals surface area (Å²) < 4.78 is 0. The number of anilines is 2. The van der Waals surface area contributed by atoms with E-state index in [1.807, 2.05) is 6.07 Å². The van der Waals surface area contributed by atoms with Crippen LogP contribution in [0.5, 0.6) is 0 Å². The van der Waals surface area contributed by atoms with Crippen LogP contribution in [0.4, 0.5) is 11.8 Å². The van der Waals surface area contributed by atoms with Crippen LogP contribution in [0, 0.1) is 0 Å². The molecule has 0 aliphatic rings. The molecule has 1 rings (SSSR count). The Balaban J connectivity index is 2.57. The van der Waals surface area contributed by atoms with E-state index in [9.17, 15) is 0 Å². The first-order valence-corrected chi connectivity index (χ1v) is 6.06. The van der Waals surface area contributed by atoms with Gasteiger partial charge in [0.05, 0.1) is 0 Å². The third-order valence-electron chi connectivity index (χ3n) is 2.45. The van der Waals surface area contributed by atoms with Gasteiger partial charge < -0.3 is 15.1 Å². The summed E-state index contributed by atoms with van der Waals surface area (Å²) in [6.45, 7) is 5.00. The predicted molar refractivity (Wildman–Crippen MR) is 72.6 cm³/mol. The first-order valence-electron chi connectivity index (χ1n) is 6.06. The van der Waals surface area contributed by atoms with E-state index in [4.69, 9.17) is 0 Å². The Morgan fingerprint density at radius 1 is 1.24 bits per heavy atom. The molecule has 0 fully saturated rings. The molecule has 0 saturated heterocycles. The first kappa shape index (κ1) is 13.7. The maximum Gasteiger partial charge on any atom is 0.224 e. The molecule has 0 amide bonds. The maximum absolute atomic E-state index is 4.47. The van der Waals surface area contributed by atoms with Crippen LogP contribution in [0.2, 0.25) is 0 Å². The van der Waals surface area contributed by atoms with Gasteiger partial charge in [0.15, 0.2) is 0 Å². The molecular formula is C12H23N5. The van der Waals surface area contributed by atoms with Crippen LogP contribution in [0.1, 0.15) is 13.3 Å². The monoisotopic (exact) mass is 237 g/mol. The molecule has 0 bridgehead atoms. The lowest BCUT2D eigenvalue weighted by Crippen LogP contribution is -2.29. The van der Waals surface area contributed by atoms with Crippen molar-refractivity contribution >= 4 is 11.8 Å². The first-order chi connectivity index (χ1) is 8.13. The second kappa shape index (κ2) is 7.06. The van der Waals surface area contributed by atoms with Crippen LogP contribution in [0.25, 0.3) is 0 Å². The Labute approximate surface area is 104 Å². The van der Waals surface area contributed by atoms with Crippen LogP contribution >= 0.6 is 0 Å². The molecule has 0 aliphatic carbocycles. The van der Waals surface area contributed by atoms with E-state index in [1.54, 1.807) is 6.20 Å². The fourth-order valence-electron chi connectivity index (χ4n) is 1.35. The fourth-order valence-corrected chi connectivity index (χ4v) is 1.35. The zero-order valence-corrected chi connectivity index (χ0v) is 11.3. The van der Waals surface area contributed by atoms with Gasteiger partial charge in [-0.05, 0) is 26.6 Å². The highest BCUT2D eigenvalue weighted by molar-refractivity contribution is 5.41. The summed E-state index contributed by atoms with van der Waals surface area (Å²) in [7, 11) is 6.19. The van der Waals surface area contributed by atoms with Gasteiger partial charge in [0.2, 0.25) is 5.95 Å². The molecule has 1 heterocycles. The Hall–Kier alpha value is -1.36. The van der Waals surface area contributed by atoms with E-state index in [0.29, 0.717) is 5.95 Å². The Morgan fingerprint density at radius 3 is 2.65 bits per heavy atom. The summed E-state index contributed by atoms with van der Waals surface area (Å²) in [5.41, 5.74) is 0. The van der Waals surface area contributed by atoms with Crippen molar-refractivity contribution in [3.8, 4) is 0 Å². The predicted octanol–water partition coefficient (Wildman–Crippen LogP) is 1.30. The molecule has 17 heavy (non-hydrogen) atoms. The van der Waals surface area contributed by atoms with Crippen LogP contribution in [0.3, 0.4) is 0 Å². The average Bonchev–Trinajstić information content (AvgIpc) is 2.33. The number of hydrogen-bond donors (Lipinski definition) is 1. The van der Waals surface area contributed by atoms with Gasteiger partial charge >= 0.3 is 0 Å². The Morgan fingerprint density at radius 2 is 2.00 bits per heavy atom. The van der Waals surface area contributed by atoms with Gasteiger partial charge in [-0.2, -0.15) is 4.98 Å². The smallest absolute Gasteiger partial charge is 0.224 e.